The zero-order valence-electron chi connectivity index (χ0n) is 15.6. The van der Waals surface area contributed by atoms with Gasteiger partial charge in [0.15, 0.2) is 4.34 Å². The first-order valence-corrected chi connectivity index (χ1v) is 10.8. The molecule has 0 bridgehead atoms. The summed E-state index contributed by atoms with van der Waals surface area (Å²) >= 11 is 2.71. The van der Waals surface area contributed by atoms with E-state index in [-0.39, 0.29) is 17.6 Å². The van der Waals surface area contributed by atoms with Gasteiger partial charge in [0, 0.05) is 13.1 Å². The molecule has 2 amide bonds. The lowest BCUT2D eigenvalue weighted by Crippen LogP contribution is -2.46. The van der Waals surface area contributed by atoms with Crippen LogP contribution in [0.25, 0.3) is 0 Å². The first-order chi connectivity index (χ1) is 13.6. The minimum Gasteiger partial charge on any atom is -0.497 e. The first-order valence-electron chi connectivity index (χ1n) is 9.04. The fraction of sp³-hybridized carbons (Fsp3) is 0.444. The third-order valence-corrected chi connectivity index (χ3v) is 6.22. The van der Waals surface area contributed by atoms with E-state index in [1.54, 1.807) is 7.11 Å². The topological polar surface area (TPSA) is 105 Å². The zero-order chi connectivity index (χ0) is 19.8. The molecule has 3 N–H and O–H groups in total. The van der Waals surface area contributed by atoms with E-state index in [1.807, 2.05) is 24.3 Å². The van der Waals surface area contributed by atoms with Crippen LogP contribution in [0.1, 0.15) is 24.8 Å². The van der Waals surface area contributed by atoms with Gasteiger partial charge in [0.25, 0.3) is 0 Å². The van der Waals surface area contributed by atoms with Crippen LogP contribution in [0.3, 0.4) is 0 Å². The quantitative estimate of drug-likeness (QED) is 0.560. The highest BCUT2D eigenvalue weighted by Crippen LogP contribution is 2.25. The molecule has 1 atom stereocenters. The van der Waals surface area contributed by atoms with Gasteiger partial charge in [-0.15, -0.1) is 10.2 Å². The molecule has 3 rings (SSSR count). The number of thioether (sulfide) groups is 1. The maximum Gasteiger partial charge on any atom is 0.242 e. The predicted molar refractivity (Wildman–Crippen MR) is 110 cm³/mol. The summed E-state index contributed by atoms with van der Waals surface area (Å²) in [5.41, 5.74) is 1.10. The van der Waals surface area contributed by atoms with Gasteiger partial charge in [-0.25, -0.2) is 0 Å². The van der Waals surface area contributed by atoms with Gasteiger partial charge in [0.05, 0.1) is 12.9 Å². The molecule has 28 heavy (non-hydrogen) atoms. The Morgan fingerprint density at radius 1 is 1.32 bits per heavy atom. The van der Waals surface area contributed by atoms with Crippen LogP contribution in [0.2, 0.25) is 0 Å². The molecule has 1 aromatic heterocycles. The van der Waals surface area contributed by atoms with E-state index in [1.165, 1.54) is 23.1 Å². The van der Waals surface area contributed by atoms with Crippen LogP contribution in [0.4, 0.5) is 5.13 Å². The van der Waals surface area contributed by atoms with Crippen LogP contribution < -0.4 is 20.7 Å². The Morgan fingerprint density at radius 2 is 2.14 bits per heavy atom. The lowest BCUT2D eigenvalue weighted by molar-refractivity contribution is -0.127. The Morgan fingerprint density at radius 3 is 2.93 bits per heavy atom. The van der Waals surface area contributed by atoms with Gasteiger partial charge in [-0.2, -0.15) is 0 Å². The number of carbonyl (C=O) groups excluding carboxylic acids is 2. The molecule has 1 fully saturated rings. The molecule has 150 valence electrons. The number of nitrogens with zero attached hydrogens (tertiary/aromatic N) is 2. The molecular weight excluding hydrogens is 398 g/mol. The number of amides is 2. The summed E-state index contributed by atoms with van der Waals surface area (Å²) < 4.78 is 5.85. The van der Waals surface area contributed by atoms with Crippen LogP contribution in [-0.2, 0) is 16.1 Å². The van der Waals surface area contributed by atoms with Gasteiger partial charge in [-0.1, -0.05) is 35.2 Å². The van der Waals surface area contributed by atoms with Crippen LogP contribution in [0, 0.1) is 0 Å². The number of nitrogens with one attached hydrogen (secondary N) is 3. The maximum atomic E-state index is 12.1. The number of methoxy groups -OCH3 is 1. The van der Waals surface area contributed by atoms with Crippen molar-refractivity contribution in [3.8, 4) is 5.75 Å². The average molecular weight is 422 g/mol. The predicted octanol–water partition coefficient (Wildman–Crippen LogP) is 2.04. The molecule has 1 saturated heterocycles. The van der Waals surface area contributed by atoms with E-state index in [4.69, 9.17) is 4.74 Å². The summed E-state index contributed by atoms with van der Waals surface area (Å²) in [6.07, 6.45) is 2.56. The number of ether oxygens (including phenoxy) is 1. The molecule has 0 unspecified atom stereocenters. The fourth-order valence-electron chi connectivity index (χ4n) is 2.70. The SMILES string of the molecule is COc1ccc(CNc2nnc(SCC(=O)N[C@H]3CCCCNC3=O)s2)cc1. The van der Waals surface area contributed by atoms with Crippen molar-refractivity contribution in [2.45, 2.75) is 36.2 Å². The number of rotatable bonds is 8. The summed E-state index contributed by atoms with van der Waals surface area (Å²) in [4.78, 5) is 24.0. The van der Waals surface area contributed by atoms with Crippen molar-refractivity contribution >= 4 is 40.0 Å². The Labute approximate surface area is 171 Å². The number of aromatic nitrogens is 2. The van der Waals surface area contributed by atoms with Crippen molar-refractivity contribution in [2.24, 2.45) is 0 Å². The van der Waals surface area contributed by atoms with Gasteiger partial charge in [-0.05, 0) is 37.0 Å². The molecule has 0 aliphatic carbocycles. The third-order valence-electron chi connectivity index (χ3n) is 4.21. The van der Waals surface area contributed by atoms with Crippen molar-refractivity contribution in [1.82, 2.24) is 20.8 Å². The second kappa shape index (κ2) is 10.3. The first kappa shape index (κ1) is 20.4. The summed E-state index contributed by atoms with van der Waals surface area (Å²) in [5, 5.41) is 17.7. The lowest BCUT2D eigenvalue weighted by Gasteiger charge is -2.14. The second-order valence-corrected chi connectivity index (χ2v) is 8.47. The van der Waals surface area contributed by atoms with E-state index in [0.717, 1.165) is 24.2 Å². The molecule has 2 aromatic rings. The van der Waals surface area contributed by atoms with Gasteiger partial charge < -0.3 is 20.7 Å². The van der Waals surface area contributed by atoms with Crippen molar-refractivity contribution in [3.63, 3.8) is 0 Å². The summed E-state index contributed by atoms with van der Waals surface area (Å²) in [7, 11) is 1.64. The van der Waals surface area contributed by atoms with Crippen LogP contribution in [-0.4, -0.2) is 47.5 Å². The second-order valence-electron chi connectivity index (χ2n) is 6.27. The number of anilines is 1. The van der Waals surface area contributed by atoms with E-state index in [2.05, 4.69) is 26.1 Å². The van der Waals surface area contributed by atoms with E-state index >= 15 is 0 Å². The fourth-order valence-corrected chi connectivity index (χ4v) is 4.26. The van der Waals surface area contributed by atoms with Crippen molar-refractivity contribution < 1.29 is 14.3 Å². The molecule has 1 aromatic carbocycles. The minimum absolute atomic E-state index is 0.100. The van der Waals surface area contributed by atoms with Gasteiger partial charge in [-0.3, -0.25) is 9.59 Å². The third kappa shape index (κ3) is 6.10. The lowest BCUT2D eigenvalue weighted by atomic mass is 10.1. The molecule has 1 aliphatic heterocycles. The van der Waals surface area contributed by atoms with E-state index in [9.17, 15) is 9.59 Å². The molecule has 10 heteroatoms. The summed E-state index contributed by atoms with van der Waals surface area (Å²) in [6.45, 7) is 1.30. The Bertz CT molecular complexity index is 797. The highest BCUT2D eigenvalue weighted by molar-refractivity contribution is 8.01. The summed E-state index contributed by atoms with van der Waals surface area (Å²) in [6, 6.07) is 7.34. The average Bonchev–Trinajstić information content (AvgIpc) is 3.08. The van der Waals surface area contributed by atoms with Crippen molar-refractivity contribution in [1.29, 1.82) is 0 Å². The van der Waals surface area contributed by atoms with E-state index < -0.39 is 6.04 Å². The molecular formula is C18H23N5O3S2. The highest BCUT2D eigenvalue weighted by atomic mass is 32.2. The minimum atomic E-state index is -0.438. The molecule has 0 saturated carbocycles. The smallest absolute Gasteiger partial charge is 0.242 e. The molecule has 0 radical (unpaired) electrons. The normalized spacial score (nSPS) is 16.8. The Balaban J connectivity index is 1.42. The molecule has 1 aliphatic rings. The van der Waals surface area contributed by atoms with Crippen LogP contribution in [0.5, 0.6) is 5.75 Å². The monoisotopic (exact) mass is 421 g/mol. The number of hydrogen-bond acceptors (Lipinski definition) is 8. The van der Waals surface area contributed by atoms with Crippen LogP contribution >= 0.6 is 23.1 Å². The molecule has 8 nitrogen and oxygen atoms in total. The zero-order valence-corrected chi connectivity index (χ0v) is 17.2. The van der Waals surface area contributed by atoms with Crippen molar-refractivity contribution in [2.75, 3.05) is 24.7 Å². The number of carbonyl (C=O) groups is 2. The largest absolute Gasteiger partial charge is 0.497 e. The standard InChI is InChI=1S/C18H23N5O3S2/c1-26-13-7-5-12(6-8-13)10-20-17-22-23-18(28-17)27-11-15(24)21-14-4-2-3-9-19-16(14)25/h5-8,14H,2-4,9-11H2,1H3,(H,19,25)(H,20,22)(H,21,24)/t14-/m0/s1. The van der Waals surface area contributed by atoms with Gasteiger partial charge >= 0.3 is 0 Å². The van der Waals surface area contributed by atoms with Gasteiger partial charge in [0.2, 0.25) is 16.9 Å². The maximum absolute atomic E-state index is 12.1. The van der Waals surface area contributed by atoms with Crippen LogP contribution in [0.15, 0.2) is 28.6 Å². The highest BCUT2D eigenvalue weighted by Gasteiger charge is 2.22. The number of hydrogen-bond donors (Lipinski definition) is 3. The molecule has 2 heterocycles. The van der Waals surface area contributed by atoms with Crippen molar-refractivity contribution in [3.05, 3.63) is 29.8 Å². The number of benzene rings is 1. The Hall–Kier alpha value is -2.33. The Kier molecular flexibility index (Phi) is 7.49. The van der Waals surface area contributed by atoms with E-state index in [0.29, 0.717) is 29.0 Å². The van der Waals surface area contributed by atoms with Gasteiger partial charge in [0.1, 0.15) is 11.8 Å². The molecule has 0 spiro atoms. The summed E-state index contributed by atoms with van der Waals surface area (Å²) in [5.74, 6) is 0.751.